The summed E-state index contributed by atoms with van der Waals surface area (Å²) in [5.74, 6) is 1.55. The summed E-state index contributed by atoms with van der Waals surface area (Å²) in [6.45, 7) is 2.01. The molecule has 2 aromatic heterocycles. The van der Waals surface area contributed by atoms with Crippen LogP contribution in [-0.4, -0.2) is 36.3 Å². The van der Waals surface area contributed by atoms with Crippen LogP contribution >= 0.6 is 0 Å². The van der Waals surface area contributed by atoms with Gasteiger partial charge in [-0.05, 0) is 55.2 Å². The Morgan fingerprint density at radius 1 is 1.04 bits per heavy atom. The maximum absolute atomic E-state index is 12.2. The van der Waals surface area contributed by atoms with Gasteiger partial charge in [0.25, 0.3) is 0 Å². The summed E-state index contributed by atoms with van der Waals surface area (Å²) >= 11 is 0. The molecule has 1 N–H and O–H groups in total. The first-order chi connectivity index (χ1) is 12.7. The molecule has 0 aliphatic carbocycles. The molecule has 2 aromatic rings. The van der Waals surface area contributed by atoms with Crippen LogP contribution in [0.5, 0.6) is 0 Å². The van der Waals surface area contributed by atoms with Crippen molar-refractivity contribution in [2.24, 2.45) is 5.92 Å². The highest BCUT2D eigenvalue weighted by atomic mass is 16.3. The highest BCUT2D eigenvalue weighted by Crippen LogP contribution is 2.17. The summed E-state index contributed by atoms with van der Waals surface area (Å²) in [6, 6.07) is 7.15. The molecule has 6 nitrogen and oxygen atoms in total. The van der Waals surface area contributed by atoms with E-state index in [0.717, 1.165) is 12.8 Å². The molecule has 0 unspecified atom stereocenters. The molecule has 136 valence electrons. The van der Waals surface area contributed by atoms with E-state index in [1.54, 1.807) is 55.0 Å². The number of likely N-dealkylation sites (tertiary alicyclic amines) is 1. The first-order valence-electron chi connectivity index (χ1n) is 8.70. The fourth-order valence-corrected chi connectivity index (χ4v) is 2.85. The number of piperidine rings is 1. The van der Waals surface area contributed by atoms with Gasteiger partial charge < -0.3 is 19.1 Å². The van der Waals surface area contributed by atoms with E-state index in [1.807, 2.05) is 4.90 Å². The Balaban J connectivity index is 1.37. The quantitative estimate of drug-likeness (QED) is 0.809. The summed E-state index contributed by atoms with van der Waals surface area (Å²) in [7, 11) is 0. The summed E-state index contributed by atoms with van der Waals surface area (Å²) in [5, 5.41) is 2.91. The van der Waals surface area contributed by atoms with Gasteiger partial charge in [0.2, 0.25) is 11.8 Å². The first-order valence-corrected chi connectivity index (χ1v) is 8.70. The number of rotatable bonds is 6. The smallest absolute Gasteiger partial charge is 0.246 e. The van der Waals surface area contributed by atoms with Crippen LogP contribution in [0.15, 0.2) is 57.8 Å². The van der Waals surface area contributed by atoms with E-state index in [0.29, 0.717) is 37.1 Å². The lowest BCUT2D eigenvalue weighted by atomic mass is 9.96. The Morgan fingerprint density at radius 3 is 2.23 bits per heavy atom. The fraction of sp³-hybridized carbons (Fsp3) is 0.300. The monoisotopic (exact) mass is 354 g/mol. The maximum Gasteiger partial charge on any atom is 0.246 e. The second kappa shape index (κ2) is 8.89. The molecule has 1 aliphatic rings. The standard InChI is InChI=1S/C20H22N2O4/c23-19(7-5-17-3-1-13-25-17)21-15-16-9-11-22(12-10-16)20(24)8-6-18-4-2-14-26-18/h1-8,13-14,16H,9-12,15H2,(H,21,23). The minimum Gasteiger partial charge on any atom is -0.465 e. The molecule has 3 rings (SSSR count). The third-order valence-corrected chi connectivity index (χ3v) is 4.37. The first kappa shape index (κ1) is 17.8. The largest absolute Gasteiger partial charge is 0.465 e. The molecule has 1 aliphatic heterocycles. The Morgan fingerprint density at radius 2 is 1.65 bits per heavy atom. The van der Waals surface area contributed by atoms with Crippen molar-refractivity contribution in [1.29, 1.82) is 0 Å². The average molecular weight is 354 g/mol. The number of amides is 2. The molecular weight excluding hydrogens is 332 g/mol. The van der Waals surface area contributed by atoms with Crippen LogP contribution in [0, 0.1) is 5.92 Å². The van der Waals surface area contributed by atoms with E-state index in [1.165, 1.54) is 6.08 Å². The molecule has 0 bridgehead atoms. The van der Waals surface area contributed by atoms with Gasteiger partial charge in [0.15, 0.2) is 0 Å². The minimum atomic E-state index is -0.138. The zero-order chi connectivity index (χ0) is 18.2. The van der Waals surface area contributed by atoms with Crippen molar-refractivity contribution in [1.82, 2.24) is 10.2 Å². The van der Waals surface area contributed by atoms with Crippen molar-refractivity contribution < 1.29 is 18.4 Å². The van der Waals surface area contributed by atoms with E-state index in [4.69, 9.17) is 8.83 Å². The Labute approximate surface area is 152 Å². The summed E-state index contributed by atoms with van der Waals surface area (Å²) in [5.41, 5.74) is 0. The van der Waals surface area contributed by atoms with Crippen molar-refractivity contribution in [3.05, 3.63) is 60.5 Å². The van der Waals surface area contributed by atoms with Gasteiger partial charge in [-0.25, -0.2) is 0 Å². The van der Waals surface area contributed by atoms with Gasteiger partial charge in [0.05, 0.1) is 12.5 Å². The molecule has 3 heterocycles. The van der Waals surface area contributed by atoms with Crippen LogP contribution in [0.25, 0.3) is 12.2 Å². The molecule has 0 spiro atoms. The number of carbonyl (C=O) groups excluding carboxylic acids is 2. The van der Waals surface area contributed by atoms with Crippen LogP contribution in [-0.2, 0) is 9.59 Å². The van der Waals surface area contributed by atoms with Gasteiger partial charge in [-0.3, -0.25) is 9.59 Å². The van der Waals surface area contributed by atoms with Crippen molar-refractivity contribution in [2.45, 2.75) is 12.8 Å². The van der Waals surface area contributed by atoms with Crippen molar-refractivity contribution in [3.63, 3.8) is 0 Å². The maximum atomic E-state index is 12.2. The lowest BCUT2D eigenvalue weighted by Crippen LogP contribution is -2.40. The van der Waals surface area contributed by atoms with Gasteiger partial charge in [0, 0.05) is 31.8 Å². The van der Waals surface area contributed by atoms with Crippen LogP contribution in [0.3, 0.4) is 0 Å². The summed E-state index contributed by atoms with van der Waals surface area (Å²) in [6.07, 6.45) is 11.2. The second-order valence-corrected chi connectivity index (χ2v) is 6.21. The Kier molecular flexibility index (Phi) is 6.09. The fourth-order valence-electron chi connectivity index (χ4n) is 2.85. The molecule has 1 fully saturated rings. The minimum absolute atomic E-state index is 0.00901. The molecule has 0 atom stereocenters. The van der Waals surface area contributed by atoms with Crippen molar-refractivity contribution >= 4 is 24.0 Å². The molecule has 0 aromatic carbocycles. The highest BCUT2D eigenvalue weighted by molar-refractivity contribution is 5.92. The number of hydrogen-bond donors (Lipinski definition) is 1. The molecule has 0 radical (unpaired) electrons. The van der Waals surface area contributed by atoms with Crippen LogP contribution < -0.4 is 5.32 Å². The lowest BCUT2D eigenvalue weighted by molar-refractivity contribution is -0.127. The molecule has 6 heteroatoms. The van der Waals surface area contributed by atoms with E-state index < -0.39 is 0 Å². The molecule has 2 amide bonds. The Hall–Kier alpha value is -3.02. The molecule has 1 saturated heterocycles. The molecular formula is C20H22N2O4. The van der Waals surface area contributed by atoms with Gasteiger partial charge >= 0.3 is 0 Å². The van der Waals surface area contributed by atoms with Gasteiger partial charge in [-0.15, -0.1) is 0 Å². The van der Waals surface area contributed by atoms with Gasteiger partial charge in [0.1, 0.15) is 11.5 Å². The summed E-state index contributed by atoms with van der Waals surface area (Å²) in [4.78, 5) is 25.8. The van der Waals surface area contributed by atoms with E-state index in [-0.39, 0.29) is 11.8 Å². The molecule has 26 heavy (non-hydrogen) atoms. The number of nitrogens with one attached hydrogen (secondary N) is 1. The number of carbonyl (C=O) groups is 2. The van der Waals surface area contributed by atoms with Gasteiger partial charge in [-0.2, -0.15) is 0 Å². The van der Waals surface area contributed by atoms with Crippen LogP contribution in [0.4, 0.5) is 0 Å². The third-order valence-electron chi connectivity index (χ3n) is 4.37. The number of furan rings is 2. The van der Waals surface area contributed by atoms with E-state index in [2.05, 4.69) is 5.32 Å². The third kappa shape index (κ3) is 5.24. The highest BCUT2D eigenvalue weighted by Gasteiger charge is 2.21. The summed E-state index contributed by atoms with van der Waals surface area (Å²) < 4.78 is 10.3. The second-order valence-electron chi connectivity index (χ2n) is 6.21. The SMILES string of the molecule is O=C(C=Cc1ccco1)NCC1CCN(C(=O)C=Cc2ccco2)CC1. The average Bonchev–Trinajstić information content (AvgIpc) is 3.37. The number of hydrogen-bond acceptors (Lipinski definition) is 4. The topological polar surface area (TPSA) is 75.7 Å². The van der Waals surface area contributed by atoms with Crippen molar-refractivity contribution in [3.8, 4) is 0 Å². The predicted molar refractivity (Wildman–Crippen MR) is 97.8 cm³/mol. The molecule has 0 saturated carbocycles. The zero-order valence-corrected chi connectivity index (χ0v) is 14.5. The predicted octanol–water partition coefficient (Wildman–Crippen LogP) is 2.95. The van der Waals surface area contributed by atoms with Gasteiger partial charge in [-0.1, -0.05) is 0 Å². The zero-order valence-electron chi connectivity index (χ0n) is 14.5. The van der Waals surface area contributed by atoms with Crippen LogP contribution in [0.1, 0.15) is 24.4 Å². The van der Waals surface area contributed by atoms with Crippen molar-refractivity contribution in [2.75, 3.05) is 19.6 Å². The number of nitrogens with zero attached hydrogens (tertiary/aromatic N) is 1. The Bertz CT molecular complexity index is 752. The normalized spacial score (nSPS) is 15.8. The van der Waals surface area contributed by atoms with Crippen LogP contribution in [0.2, 0.25) is 0 Å². The lowest BCUT2D eigenvalue weighted by Gasteiger charge is -2.31. The van der Waals surface area contributed by atoms with E-state index in [9.17, 15) is 9.59 Å². The van der Waals surface area contributed by atoms with E-state index >= 15 is 0 Å².